The summed E-state index contributed by atoms with van der Waals surface area (Å²) in [4.78, 5) is 0. The fourth-order valence-corrected chi connectivity index (χ4v) is 1.50. The van der Waals surface area contributed by atoms with Crippen LogP contribution in [0, 0.1) is 11.3 Å². The Labute approximate surface area is 110 Å². The minimum atomic E-state index is 0.271. The van der Waals surface area contributed by atoms with E-state index in [1.807, 2.05) is 18.2 Å². The summed E-state index contributed by atoms with van der Waals surface area (Å²) in [6, 6.07) is 10.6. The van der Waals surface area contributed by atoms with E-state index in [1.165, 1.54) is 0 Å². The van der Waals surface area contributed by atoms with Gasteiger partial charge in [0.05, 0.1) is 19.9 Å². The normalized spacial score (nSPS) is 9.53. The fourth-order valence-electron chi connectivity index (χ4n) is 1.50. The Balaban J connectivity index is 2.24. The molecule has 0 aliphatic carbocycles. The summed E-state index contributed by atoms with van der Waals surface area (Å²) in [5.74, 6) is 1.86. The van der Waals surface area contributed by atoms with Gasteiger partial charge in [-0.1, -0.05) is 0 Å². The van der Waals surface area contributed by atoms with E-state index >= 15 is 0 Å². The molecule has 19 heavy (non-hydrogen) atoms. The van der Waals surface area contributed by atoms with Gasteiger partial charge in [-0.15, -0.1) is 10.2 Å². The minimum Gasteiger partial charge on any atom is -0.497 e. The maximum atomic E-state index is 8.65. The van der Waals surface area contributed by atoms with Crippen LogP contribution in [-0.2, 0) is 0 Å². The van der Waals surface area contributed by atoms with Crippen LogP contribution in [0.3, 0.4) is 0 Å². The van der Waals surface area contributed by atoms with Crippen molar-refractivity contribution in [2.24, 2.45) is 0 Å². The number of ether oxygens (including phenoxy) is 2. The lowest BCUT2D eigenvalue weighted by Gasteiger charge is -2.11. The largest absolute Gasteiger partial charge is 0.497 e. The maximum Gasteiger partial charge on any atom is 0.163 e. The highest BCUT2D eigenvalue weighted by Crippen LogP contribution is 2.30. The van der Waals surface area contributed by atoms with Crippen LogP contribution in [-0.4, -0.2) is 24.4 Å². The van der Waals surface area contributed by atoms with E-state index in [-0.39, 0.29) is 5.69 Å². The van der Waals surface area contributed by atoms with Crippen LogP contribution in [0.2, 0.25) is 0 Å². The molecule has 0 radical (unpaired) electrons. The second-order valence-corrected chi connectivity index (χ2v) is 3.61. The molecular weight excluding hydrogens is 244 g/mol. The number of nitrogens with one attached hydrogen (secondary N) is 1. The standard InChI is InChI=1S/C13H12N4O2/c1-18-10-4-5-11(12(7-10)19-2)15-13-6-3-9(8-14)16-17-13/h3-7H,1-2H3,(H,15,17). The monoisotopic (exact) mass is 256 g/mol. The van der Waals surface area contributed by atoms with Crippen molar-refractivity contribution in [3.63, 3.8) is 0 Å². The van der Waals surface area contributed by atoms with Gasteiger partial charge in [-0.2, -0.15) is 5.26 Å². The number of rotatable bonds is 4. The molecule has 0 unspecified atom stereocenters. The second kappa shape index (κ2) is 5.69. The Morgan fingerprint density at radius 1 is 1.11 bits per heavy atom. The number of methoxy groups -OCH3 is 2. The van der Waals surface area contributed by atoms with Gasteiger partial charge in [-0.25, -0.2) is 0 Å². The zero-order chi connectivity index (χ0) is 13.7. The first-order valence-corrected chi connectivity index (χ1v) is 5.49. The van der Waals surface area contributed by atoms with Gasteiger partial charge in [0.1, 0.15) is 17.6 Å². The predicted molar refractivity (Wildman–Crippen MR) is 69.6 cm³/mol. The molecule has 0 aliphatic rings. The summed E-state index contributed by atoms with van der Waals surface area (Å²) >= 11 is 0. The van der Waals surface area contributed by atoms with Crippen LogP contribution < -0.4 is 14.8 Å². The van der Waals surface area contributed by atoms with Crippen LogP contribution in [0.4, 0.5) is 11.5 Å². The molecule has 2 rings (SSSR count). The molecule has 1 N–H and O–H groups in total. The van der Waals surface area contributed by atoms with Gasteiger partial charge in [0.2, 0.25) is 0 Å². The van der Waals surface area contributed by atoms with Crippen molar-refractivity contribution >= 4 is 11.5 Å². The van der Waals surface area contributed by atoms with Crippen LogP contribution >= 0.6 is 0 Å². The SMILES string of the molecule is COc1ccc(Nc2ccc(C#N)nn2)c(OC)c1. The van der Waals surface area contributed by atoms with Gasteiger partial charge in [0.15, 0.2) is 11.5 Å². The lowest BCUT2D eigenvalue weighted by molar-refractivity contribution is 0.395. The van der Waals surface area contributed by atoms with Crippen molar-refractivity contribution in [3.05, 3.63) is 36.0 Å². The van der Waals surface area contributed by atoms with E-state index in [0.717, 1.165) is 5.69 Å². The van der Waals surface area contributed by atoms with E-state index < -0.39 is 0 Å². The van der Waals surface area contributed by atoms with Crippen LogP contribution in [0.25, 0.3) is 0 Å². The van der Waals surface area contributed by atoms with Gasteiger partial charge in [-0.05, 0) is 24.3 Å². The third-order valence-corrected chi connectivity index (χ3v) is 2.45. The first kappa shape index (κ1) is 12.6. The molecule has 6 nitrogen and oxygen atoms in total. The molecule has 6 heteroatoms. The minimum absolute atomic E-state index is 0.271. The first-order valence-electron chi connectivity index (χ1n) is 5.49. The third kappa shape index (κ3) is 2.90. The Morgan fingerprint density at radius 2 is 1.95 bits per heavy atom. The first-order chi connectivity index (χ1) is 9.26. The Hall–Kier alpha value is -2.81. The summed E-state index contributed by atoms with van der Waals surface area (Å²) in [7, 11) is 3.17. The molecule has 1 aromatic heterocycles. The van der Waals surface area contributed by atoms with Crippen LogP contribution in [0.1, 0.15) is 5.69 Å². The Kier molecular flexibility index (Phi) is 3.78. The van der Waals surface area contributed by atoms with Crippen molar-refractivity contribution in [2.75, 3.05) is 19.5 Å². The maximum absolute atomic E-state index is 8.65. The highest BCUT2D eigenvalue weighted by atomic mass is 16.5. The van der Waals surface area contributed by atoms with Gasteiger partial charge in [0, 0.05) is 6.07 Å². The number of aromatic nitrogens is 2. The smallest absolute Gasteiger partial charge is 0.163 e. The molecule has 2 aromatic rings. The second-order valence-electron chi connectivity index (χ2n) is 3.61. The topological polar surface area (TPSA) is 80.1 Å². The lowest BCUT2D eigenvalue weighted by Crippen LogP contribution is -1.99. The molecule has 0 saturated carbocycles. The highest BCUT2D eigenvalue weighted by molar-refractivity contribution is 5.65. The number of anilines is 2. The van der Waals surface area contributed by atoms with Gasteiger partial charge >= 0.3 is 0 Å². The van der Waals surface area contributed by atoms with E-state index in [1.54, 1.807) is 32.4 Å². The molecule has 0 fully saturated rings. The van der Waals surface area contributed by atoms with Crippen LogP contribution in [0.15, 0.2) is 30.3 Å². The average Bonchev–Trinajstić information content (AvgIpc) is 2.48. The molecule has 0 saturated heterocycles. The third-order valence-electron chi connectivity index (χ3n) is 2.45. The summed E-state index contributed by atoms with van der Waals surface area (Å²) in [6.45, 7) is 0. The molecule has 96 valence electrons. The summed E-state index contributed by atoms with van der Waals surface area (Å²) in [6.07, 6.45) is 0. The lowest BCUT2D eigenvalue weighted by atomic mass is 10.2. The Morgan fingerprint density at radius 3 is 2.53 bits per heavy atom. The fraction of sp³-hybridized carbons (Fsp3) is 0.154. The molecule has 0 atom stereocenters. The predicted octanol–water partition coefficient (Wildman–Crippen LogP) is 2.11. The van der Waals surface area contributed by atoms with E-state index in [4.69, 9.17) is 14.7 Å². The van der Waals surface area contributed by atoms with E-state index in [2.05, 4.69) is 15.5 Å². The molecule has 0 aliphatic heterocycles. The summed E-state index contributed by atoms with van der Waals surface area (Å²) in [5.41, 5.74) is 1.01. The van der Waals surface area contributed by atoms with Crippen molar-refractivity contribution < 1.29 is 9.47 Å². The van der Waals surface area contributed by atoms with Crippen molar-refractivity contribution in [1.29, 1.82) is 5.26 Å². The Bertz CT molecular complexity index is 605. The number of nitrogens with zero attached hydrogens (tertiary/aromatic N) is 3. The van der Waals surface area contributed by atoms with Crippen molar-refractivity contribution in [3.8, 4) is 17.6 Å². The molecule has 0 bridgehead atoms. The molecule has 1 aromatic carbocycles. The van der Waals surface area contributed by atoms with Gasteiger partial charge < -0.3 is 14.8 Å². The van der Waals surface area contributed by atoms with Crippen molar-refractivity contribution in [2.45, 2.75) is 0 Å². The van der Waals surface area contributed by atoms with Crippen LogP contribution in [0.5, 0.6) is 11.5 Å². The van der Waals surface area contributed by atoms with Gasteiger partial charge in [-0.3, -0.25) is 0 Å². The van der Waals surface area contributed by atoms with Gasteiger partial charge in [0.25, 0.3) is 0 Å². The molecule has 1 heterocycles. The molecular formula is C13H12N4O2. The molecule has 0 amide bonds. The zero-order valence-corrected chi connectivity index (χ0v) is 10.5. The average molecular weight is 256 g/mol. The zero-order valence-electron chi connectivity index (χ0n) is 10.5. The summed E-state index contributed by atoms with van der Waals surface area (Å²) in [5, 5.41) is 19.3. The van der Waals surface area contributed by atoms with Crippen molar-refractivity contribution in [1.82, 2.24) is 10.2 Å². The van der Waals surface area contributed by atoms with E-state index in [9.17, 15) is 0 Å². The number of hydrogen-bond acceptors (Lipinski definition) is 6. The number of hydrogen-bond donors (Lipinski definition) is 1. The summed E-state index contributed by atoms with van der Waals surface area (Å²) < 4.78 is 10.4. The molecule has 0 spiro atoms. The van der Waals surface area contributed by atoms with E-state index in [0.29, 0.717) is 17.3 Å². The highest BCUT2D eigenvalue weighted by Gasteiger charge is 2.06. The number of benzene rings is 1. The quantitative estimate of drug-likeness (QED) is 0.902. The number of nitriles is 1.